The molecule has 1 saturated heterocycles. The lowest BCUT2D eigenvalue weighted by Crippen LogP contribution is -2.32. The Kier molecular flexibility index (Phi) is 3.09. The van der Waals surface area contributed by atoms with Crippen molar-refractivity contribution in [2.24, 2.45) is 5.92 Å². The van der Waals surface area contributed by atoms with Crippen molar-refractivity contribution in [2.45, 2.75) is 13.3 Å². The van der Waals surface area contributed by atoms with Crippen molar-refractivity contribution < 1.29 is 4.79 Å². The Labute approximate surface area is 74.3 Å². The van der Waals surface area contributed by atoms with Gasteiger partial charge in [-0.2, -0.15) is 0 Å². The predicted octanol–water partition coefficient (Wildman–Crippen LogP) is 0.416. The van der Waals surface area contributed by atoms with Crippen LogP contribution in [0.25, 0.3) is 0 Å². The third kappa shape index (κ3) is 2.48. The smallest absolute Gasteiger partial charge is 0.222 e. The molecular weight excluding hydrogens is 152 g/mol. The summed E-state index contributed by atoms with van der Waals surface area (Å²) in [6, 6.07) is 0. The first-order valence-corrected chi connectivity index (χ1v) is 4.52. The van der Waals surface area contributed by atoms with Crippen LogP contribution in [0.1, 0.15) is 13.3 Å². The number of hydrogen-bond donors (Lipinski definition) is 0. The molecule has 0 saturated carbocycles. The van der Waals surface area contributed by atoms with E-state index >= 15 is 0 Å². The van der Waals surface area contributed by atoms with Crippen LogP contribution in [0.5, 0.6) is 0 Å². The van der Waals surface area contributed by atoms with Gasteiger partial charge >= 0.3 is 0 Å². The molecule has 0 radical (unpaired) electrons. The molecule has 0 N–H and O–H groups in total. The Morgan fingerprint density at radius 2 is 2.25 bits per heavy atom. The van der Waals surface area contributed by atoms with Crippen molar-refractivity contribution in [3.05, 3.63) is 0 Å². The minimum Gasteiger partial charge on any atom is -0.341 e. The monoisotopic (exact) mass is 170 g/mol. The van der Waals surface area contributed by atoms with Crippen molar-refractivity contribution in [1.29, 1.82) is 0 Å². The van der Waals surface area contributed by atoms with Gasteiger partial charge in [-0.15, -0.1) is 0 Å². The molecule has 1 rings (SSSR count). The van der Waals surface area contributed by atoms with Crippen LogP contribution in [0.2, 0.25) is 0 Å². The van der Waals surface area contributed by atoms with E-state index in [1.54, 1.807) is 0 Å². The van der Waals surface area contributed by atoms with E-state index in [1.807, 2.05) is 19.0 Å². The lowest BCUT2D eigenvalue weighted by atomic mass is 10.2. The number of carbonyl (C=O) groups excluding carboxylic acids is 1. The maximum atomic E-state index is 11.3. The normalized spacial score (nSPS) is 24.2. The van der Waals surface area contributed by atoms with E-state index in [0.29, 0.717) is 11.8 Å². The van der Waals surface area contributed by atoms with Gasteiger partial charge in [0.05, 0.1) is 0 Å². The summed E-state index contributed by atoms with van der Waals surface area (Å²) in [7, 11) is 4.06. The van der Waals surface area contributed by atoms with Crippen molar-refractivity contribution in [3.8, 4) is 0 Å². The van der Waals surface area contributed by atoms with Gasteiger partial charge in [-0.3, -0.25) is 4.79 Å². The fraction of sp³-hybridized carbons (Fsp3) is 0.889. The first kappa shape index (κ1) is 9.52. The molecule has 0 spiro atoms. The largest absolute Gasteiger partial charge is 0.341 e. The van der Waals surface area contributed by atoms with Gasteiger partial charge in [0, 0.05) is 26.1 Å². The molecule has 0 aliphatic carbocycles. The van der Waals surface area contributed by atoms with E-state index < -0.39 is 0 Å². The molecule has 1 amide bonds. The zero-order valence-electron chi connectivity index (χ0n) is 8.21. The van der Waals surface area contributed by atoms with Gasteiger partial charge < -0.3 is 9.80 Å². The minimum atomic E-state index is 0.323. The maximum absolute atomic E-state index is 11.3. The molecule has 70 valence electrons. The summed E-state index contributed by atoms with van der Waals surface area (Å²) in [4.78, 5) is 15.4. The van der Waals surface area contributed by atoms with Crippen LogP contribution in [0, 0.1) is 5.92 Å². The summed E-state index contributed by atoms with van der Waals surface area (Å²) in [6.45, 7) is 4.94. The lowest BCUT2D eigenvalue weighted by Gasteiger charge is -2.18. The molecule has 3 nitrogen and oxygen atoms in total. The van der Waals surface area contributed by atoms with E-state index in [1.165, 1.54) is 0 Å². The van der Waals surface area contributed by atoms with E-state index in [-0.39, 0.29) is 0 Å². The molecule has 1 heterocycles. The summed E-state index contributed by atoms with van der Waals surface area (Å²) >= 11 is 0. The number of hydrogen-bond acceptors (Lipinski definition) is 2. The summed E-state index contributed by atoms with van der Waals surface area (Å²) in [5, 5.41) is 0. The Hall–Kier alpha value is -0.570. The zero-order chi connectivity index (χ0) is 9.14. The number of rotatable bonds is 3. The summed E-state index contributed by atoms with van der Waals surface area (Å²) in [6.07, 6.45) is 0.743. The molecule has 1 fully saturated rings. The highest BCUT2D eigenvalue weighted by Crippen LogP contribution is 2.15. The van der Waals surface area contributed by atoms with E-state index in [4.69, 9.17) is 0 Å². The van der Waals surface area contributed by atoms with Crippen LogP contribution in [-0.4, -0.2) is 49.4 Å². The van der Waals surface area contributed by atoms with E-state index in [2.05, 4.69) is 11.8 Å². The van der Waals surface area contributed by atoms with Gasteiger partial charge in [0.25, 0.3) is 0 Å². The molecule has 1 aliphatic rings. The fourth-order valence-corrected chi connectivity index (χ4v) is 1.51. The highest BCUT2D eigenvalue weighted by molar-refractivity contribution is 5.78. The van der Waals surface area contributed by atoms with Crippen LogP contribution in [-0.2, 0) is 4.79 Å². The summed E-state index contributed by atoms with van der Waals surface area (Å²) in [5.41, 5.74) is 0. The van der Waals surface area contributed by atoms with Crippen LogP contribution in [0.4, 0.5) is 0 Å². The fourth-order valence-electron chi connectivity index (χ4n) is 1.51. The lowest BCUT2D eigenvalue weighted by molar-refractivity contribution is -0.127. The van der Waals surface area contributed by atoms with Crippen LogP contribution < -0.4 is 0 Å². The Morgan fingerprint density at radius 3 is 2.67 bits per heavy atom. The molecule has 1 unspecified atom stereocenters. The summed E-state index contributed by atoms with van der Waals surface area (Å²) < 4.78 is 0. The number of amides is 1. The maximum Gasteiger partial charge on any atom is 0.222 e. The third-order valence-electron chi connectivity index (χ3n) is 2.22. The molecule has 3 heteroatoms. The van der Waals surface area contributed by atoms with Gasteiger partial charge in [0.1, 0.15) is 0 Å². The topological polar surface area (TPSA) is 23.6 Å². The van der Waals surface area contributed by atoms with Crippen LogP contribution in [0.15, 0.2) is 0 Å². The van der Waals surface area contributed by atoms with Crippen LogP contribution in [0.3, 0.4) is 0 Å². The van der Waals surface area contributed by atoms with Gasteiger partial charge in [0.2, 0.25) is 5.91 Å². The second kappa shape index (κ2) is 3.90. The van der Waals surface area contributed by atoms with Gasteiger partial charge in [0.15, 0.2) is 0 Å². The SMILES string of the molecule is CC1CC(=O)N(CCN(C)C)C1. The average Bonchev–Trinajstić information content (AvgIpc) is 2.26. The van der Waals surface area contributed by atoms with Crippen molar-refractivity contribution in [1.82, 2.24) is 9.80 Å². The average molecular weight is 170 g/mol. The van der Waals surface area contributed by atoms with E-state index in [9.17, 15) is 4.79 Å². The van der Waals surface area contributed by atoms with Gasteiger partial charge in [-0.1, -0.05) is 6.92 Å². The third-order valence-corrected chi connectivity index (χ3v) is 2.22. The molecular formula is C9H18N2O. The quantitative estimate of drug-likeness (QED) is 0.612. The first-order valence-electron chi connectivity index (χ1n) is 4.52. The number of likely N-dealkylation sites (N-methyl/N-ethyl adjacent to an activating group) is 1. The zero-order valence-corrected chi connectivity index (χ0v) is 8.21. The summed E-state index contributed by atoms with van der Waals surface area (Å²) in [5.74, 6) is 0.879. The molecule has 0 aromatic carbocycles. The molecule has 12 heavy (non-hydrogen) atoms. The van der Waals surface area contributed by atoms with Crippen molar-refractivity contribution in [2.75, 3.05) is 33.7 Å². The van der Waals surface area contributed by atoms with Crippen molar-refractivity contribution in [3.63, 3.8) is 0 Å². The standard InChI is InChI=1S/C9H18N2O/c1-8-6-9(12)11(7-8)5-4-10(2)3/h8H,4-7H2,1-3H3. The number of carbonyl (C=O) groups is 1. The first-order chi connectivity index (χ1) is 5.59. The highest BCUT2D eigenvalue weighted by Gasteiger charge is 2.25. The Morgan fingerprint density at radius 1 is 1.58 bits per heavy atom. The molecule has 0 aromatic rings. The molecule has 0 bridgehead atoms. The highest BCUT2D eigenvalue weighted by atomic mass is 16.2. The van der Waals surface area contributed by atoms with E-state index in [0.717, 1.165) is 26.1 Å². The number of likely N-dealkylation sites (tertiary alicyclic amines) is 1. The van der Waals surface area contributed by atoms with Gasteiger partial charge in [-0.25, -0.2) is 0 Å². The second-order valence-electron chi connectivity index (χ2n) is 3.95. The molecule has 1 atom stereocenters. The Bertz CT molecular complexity index is 168. The molecule has 1 aliphatic heterocycles. The predicted molar refractivity (Wildman–Crippen MR) is 48.9 cm³/mol. The van der Waals surface area contributed by atoms with Crippen LogP contribution >= 0.6 is 0 Å². The van der Waals surface area contributed by atoms with Gasteiger partial charge in [-0.05, 0) is 20.0 Å². The second-order valence-corrected chi connectivity index (χ2v) is 3.95. The Balaban J connectivity index is 2.28. The number of nitrogens with zero attached hydrogens (tertiary/aromatic N) is 2. The minimum absolute atomic E-state index is 0.323. The van der Waals surface area contributed by atoms with Crippen molar-refractivity contribution >= 4 is 5.91 Å². The molecule has 0 aromatic heterocycles.